The molecule has 0 bridgehead atoms. The molecule has 0 radical (unpaired) electrons. The summed E-state index contributed by atoms with van der Waals surface area (Å²) in [7, 11) is 0. The van der Waals surface area contributed by atoms with Gasteiger partial charge in [0.2, 0.25) is 0 Å². The Bertz CT molecular complexity index is 455. The predicted molar refractivity (Wildman–Crippen MR) is 67.6 cm³/mol. The van der Waals surface area contributed by atoms with Crippen molar-refractivity contribution < 1.29 is 14.7 Å². The van der Waals surface area contributed by atoms with E-state index in [1.807, 2.05) is 0 Å². The summed E-state index contributed by atoms with van der Waals surface area (Å²) in [6.07, 6.45) is 3.52. The minimum Gasteiger partial charge on any atom is -0.478 e. The number of carbonyl (C=O) groups excluding carboxylic acids is 1. The van der Waals surface area contributed by atoms with Crippen LogP contribution in [0.4, 0.5) is 0 Å². The van der Waals surface area contributed by atoms with Crippen molar-refractivity contribution in [3.63, 3.8) is 0 Å². The zero-order valence-corrected chi connectivity index (χ0v) is 10.9. The molecule has 0 unspecified atom stereocenters. The Morgan fingerprint density at radius 3 is 2.50 bits per heavy atom. The van der Waals surface area contributed by atoms with E-state index >= 15 is 0 Å². The monoisotopic (exact) mass is 250 g/mol. The number of nitrogens with zero attached hydrogens (tertiary/aromatic N) is 1. The molecule has 0 aromatic carbocycles. The molecule has 18 heavy (non-hydrogen) atoms. The van der Waals surface area contributed by atoms with Gasteiger partial charge in [0.1, 0.15) is 0 Å². The van der Waals surface area contributed by atoms with Crippen molar-refractivity contribution in [2.45, 2.75) is 27.2 Å². The van der Waals surface area contributed by atoms with Crippen LogP contribution in [-0.2, 0) is 0 Å². The molecule has 1 heterocycles. The molecule has 5 nitrogen and oxygen atoms in total. The van der Waals surface area contributed by atoms with Crippen molar-refractivity contribution in [1.29, 1.82) is 0 Å². The fourth-order valence-corrected chi connectivity index (χ4v) is 1.23. The largest absolute Gasteiger partial charge is 0.478 e. The van der Waals surface area contributed by atoms with Gasteiger partial charge in [-0.25, -0.2) is 4.79 Å². The third-order valence-electron chi connectivity index (χ3n) is 2.93. The van der Waals surface area contributed by atoms with Crippen molar-refractivity contribution in [2.24, 2.45) is 5.41 Å². The van der Waals surface area contributed by atoms with E-state index < -0.39 is 5.97 Å². The maximum Gasteiger partial charge on any atom is 0.337 e. The lowest BCUT2D eigenvalue weighted by atomic mass is 9.90. The first-order valence-electron chi connectivity index (χ1n) is 5.82. The third-order valence-corrected chi connectivity index (χ3v) is 2.93. The van der Waals surface area contributed by atoms with Gasteiger partial charge in [0.25, 0.3) is 5.91 Å². The summed E-state index contributed by atoms with van der Waals surface area (Å²) in [6.45, 7) is 6.71. The highest BCUT2D eigenvalue weighted by molar-refractivity contribution is 5.96. The van der Waals surface area contributed by atoms with Crippen LogP contribution in [0.2, 0.25) is 0 Å². The summed E-state index contributed by atoms with van der Waals surface area (Å²) in [5, 5.41) is 11.6. The average molecular weight is 250 g/mol. The van der Waals surface area contributed by atoms with E-state index in [1.165, 1.54) is 18.5 Å². The molecular formula is C13H18N2O3. The van der Waals surface area contributed by atoms with Gasteiger partial charge in [0.15, 0.2) is 0 Å². The average Bonchev–Trinajstić information content (AvgIpc) is 2.36. The second-order valence-corrected chi connectivity index (χ2v) is 4.97. The Hall–Kier alpha value is -1.91. The summed E-state index contributed by atoms with van der Waals surface area (Å²) < 4.78 is 0. The van der Waals surface area contributed by atoms with Crippen molar-refractivity contribution in [3.05, 3.63) is 29.6 Å². The molecule has 1 amide bonds. The van der Waals surface area contributed by atoms with Gasteiger partial charge < -0.3 is 10.4 Å². The van der Waals surface area contributed by atoms with Crippen LogP contribution >= 0.6 is 0 Å². The Kier molecular flexibility index (Phi) is 4.42. The number of pyridine rings is 1. The van der Waals surface area contributed by atoms with Crippen LogP contribution in [0.15, 0.2) is 18.5 Å². The van der Waals surface area contributed by atoms with Gasteiger partial charge in [-0.15, -0.1) is 0 Å². The predicted octanol–water partition coefficient (Wildman–Crippen LogP) is 1.95. The molecule has 0 saturated heterocycles. The highest BCUT2D eigenvalue weighted by atomic mass is 16.4. The van der Waals surface area contributed by atoms with E-state index in [-0.39, 0.29) is 22.4 Å². The topological polar surface area (TPSA) is 79.3 Å². The fraction of sp³-hybridized carbons (Fsp3) is 0.462. The molecule has 2 N–H and O–H groups in total. The lowest BCUT2D eigenvalue weighted by Gasteiger charge is -2.22. The van der Waals surface area contributed by atoms with Gasteiger partial charge in [0, 0.05) is 18.9 Å². The molecule has 0 spiro atoms. The van der Waals surface area contributed by atoms with Gasteiger partial charge in [-0.05, 0) is 17.9 Å². The molecule has 5 heteroatoms. The van der Waals surface area contributed by atoms with Crippen LogP contribution in [0.1, 0.15) is 47.9 Å². The standard InChI is InChI=1S/C13H18N2O3/c1-4-13(2,3)8-15-11(16)9-5-10(12(17)18)7-14-6-9/h5-7H,4,8H2,1-3H3,(H,15,16)(H,17,18). The Labute approximate surface area is 106 Å². The number of amides is 1. The van der Waals surface area contributed by atoms with Gasteiger partial charge >= 0.3 is 5.97 Å². The first kappa shape index (κ1) is 14.2. The molecule has 1 aromatic heterocycles. The van der Waals surface area contributed by atoms with Crippen molar-refractivity contribution >= 4 is 11.9 Å². The number of carboxylic acids is 1. The Balaban J connectivity index is 2.73. The highest BCUT2D eigenvalue weighted by Crippen LogP contribution is 2.17. The van der Waals surface area contributed by atoms with Crippen LogP contribution in [0.25, 0.3) is 0 Å². The summed E-state index contributed by atoms with van der Waals surface area (Å²) in [6, 6.07) is 1.32. The Morgan fingerprint density at radius 2 is 1.94 bits per heavy atom. The number of nitrogens with one attached hydrogen (secondary N) is 1. The van der Waals surface area contributed by atoms with Gasteiger partial charge in [-0.2, -0.15) is 0 Å². The van der Waals surface area contributed by atoms with E-state index in [2.05, 4.69) is 31.1 Å². The van der Waals surface area contributed by atoms with Gasteiger partial charge in [-0.3, -0.25) is 9.78 Å². The van der Waals surface area contributed by atoms with Crippen molar-refractivity contribution in [1.82, 2.24) is 10.3 Å². The van der Waals surface area contributed by atoms with E-state index in [1.54, 1.807) is 0 Å². The van der Waals surface area contributed by atoms with E-state index in [4.69, 9.17) is 5.11 Å². The number of rotatable bonds is 5. The van der Waals surface area contributed by atoms with Gasteiger partial charge in [0.05, 0.1) is 11.1 Å². The molecule has 1 aromatic rings. The maximum absolute atomic E-state index is 11.8. The second-order valence-electron chi connectivity index (χ2n) is 4.97. The number of aromatic carboxylic acids is 1. The van der Waals surface area contributed by atoms with Crippen LogP contribution < -0.4 is 5.32 Å². The van der Waals surface area contributed by atoms with E-state index in [0.717, 1.165) is 6.42 Å². The molecular weight excluding hydrogens is 232 g/mol. The summed E-state index contributed by atoms with van der Waals surface area (Å²) in [5.41, 5.74) is 0.298. The molecule has 0 saturated carbocycles. The summed E-state index contributed by atoms with van der Waals surface area (Å²) in [5.74, 6) is -1.39. The SMILES string of the molecule is CCC(C)(C)CNC(=O)c1cncc(C(=O)O)c1. The molecule has 0 fully saturated rings. The zero-order chi connectivity index (χ0) is 13.8. The number of aromatic nitrogens is 1. The highest BCUT2D eigenvalue weighted by Gasteiger charge is 2.17. The van der Waals surface area contributed by atoms with Crippen LogP contribution in [-0.4, -0.2) is 28.5 Å². The maximum atomic E-state index is 11.8. The van der Waals surface area contributed by atoms with Crippen LogP contribution in [0.5, 0.6) is 0 Å². The van der Waals surface area contributed by atoms with E-state index in [9.17, 15) is 9.59 Å². The second kappa shape index (κ2) is 5.62. The molecule has 98 valence electrons. The van der Waals surface area contributed by atoms with Crippen molar-refractivity contribution in [3.8, 4) is 0 Å². The molecule has 0 aliphatic rings. The molecule has 0 aliphatic heterocycles. The lowest BCUT2D eigenvalue weighted by Crippen LogP contribution is -2.33. The molecule has 1 rings (SSSR count). The van der Waals surface area contributed by atoms with Crippen LogP contribution in [0, 0.1) is 5.41 Å². The summed E-state index contributed by atoms with van der Waals surface area (Å²) >= 11 is 0. The van der Waals surface area contributed by atoms with Gasteiger partial charge in [-0.1, -0.05) is 20.8 Å². The fourth-order valence-electron chi connectivity index (χ4n) is 1.23. The Morgan fingerprint density at radius 1 is 1.33 bits per heavy atom. The van der Waals surface area contributed by atoms with Crippen molar-refractivity contribution in [2.75, 3.05) is 6.54 Å². The summed E-state index contributed by atoms with van der Waals surface area (Å²) in [4.78, 5) is 26.4. The quantitative estimate of drug-likeness (QED) is 0.837. The first-order chi connectivity index (χ1) is 8.35. The smallest absolute Gasteiger partial charge is 0.337 e. The third kappa shape index (κ3) is 3.84. The van der Waals surface area contributed by atoms with E-state index in [0.29, 0.717) is 6.54 Å². The lowest BCUT2D eigenvalue weighted by molar-refractivity contribution is 0.0696. The number of carboxylic acid groups (broad SMARTS) is 1. The number of hydrogen-bond acceptors (Lipinski definition) is 3. The zero-order valence-electron chi connectivity index (χ0n) is 10.9. The number of hydrogen-bond donors (Lipinski definition) is 2. The molecule has 0 aliphatic carbocycles. The first-order valence-corrected chi connectivity index (χ1v) is 5.82. The number of carbonyl (C=O) groups is 2. The minimum atomic E-state index is -1.09. The normalized spacial score (nSPS) is 11.1. The molecule has 0 atom stereocenters. The minimum absolute atomic E-state index is 0.0115. The van der Waals surface area contributed by atoms with Crippen LogP contribution in [0.3, 0.4) is 0 Å².